The summed E-state index contributed by atoms with van der Waals surface area (Å²) in [6, 6.07) is 4.19. The molecule has 0 aliphatic heterocycles. The number of aromatic nitrogens is 3. The fourth-order valence-corrected chi connectivity index (χ4v) is 3.00. The zero-order chi connectivity index (χ0) is 15.6. The molecule has 114 valence electrons. The van der Waals surface area contributed by atoms with Gasteiger partial charge < -0.3 is 4.74 Å². The van der Waals surface area contributed by atoms with Gasteiger partial charge in [-0.1, -0.05) is 0 Å². The predicted octanol–water partition coefficient (Wildman–Crippen LogP) is 2.42. The van der Waals surface area contributed by atoms with E-state index in [4.69, 9.17) is 15.4 Å². The fourth-order valence-electron chi connectivity index (χ4n) is 1.70. The molecule has 1 heterocycles. The van der Waals surface area contributed by atoms with E-state index >= 15 is 0 Å². The molecule has 2 aromatic rings. The molecule has 6 nitrogen and oxygen atoms in total. The molecule has 2 rings (SSSR count). The van der Waals surface area contributed by atoms with Crippen LogP contribution in [0.3, 0.4) is 0 Å². The Morgan fingerprint density at radius 1 is 1.43 bits per heavy atom. The molecule has 0 spiro atoms. The third-order valence-corrected chi connectivity index (χ3v) is 4.39. The van der Waals surface area contributed by atoms with E-state index < -0.39 is 14.9 Å². The summed E-state index contributed by atoms with van der Waals surface area (Å²) < 4.78 is 42.8. The first-order valence-corrected chi connectivity index (χ1v) is 8.77. The van der Waals surface area contributed by atoms with E-state index in [0.29, 0.717) is 5.56 Å². The average molecular weight is 399 g/mol. The Kier molecular flexibility index (Phi) is 4.97. The second-order valence-electron chi connectivity index (χ2n) is 4.02. The van der Waals surface area contributed by atoms with Gasteiger partial charge in [0.2, 0.25) is 0 Å². The van der Waals surface area contributed by atoms with E-state index in [9.17, 15) is 12.8 Å². The van der Waals surface area contributed by atoms with E-state index in [-0.39, 0.29) is 28.6 Å². The van der Waals surface area contributed by atoms with Crippen LogP contribution < -0.4 is 0 Å². The molecule has 1 aromatic heterocycles. The lowest BCUT2D eigenvalue weighted by molar-refractivity contribution is 0.185. The maximum absolute atomic E-state index is 13.3. The highest BCUT2D eigenvalue weighted by Gasteiger charge is 2.23. The van der Waals surface area contributed by atoms with Crippen LogP contribution in [0.25, 0.3) is 11.4 Å². The van der Waals surface area contributed by atoms with Gasteiger partial charge in [-0.15, -0.1) is 10.2 Å². The Morgan fingerprint density at radius 2 is 2.14 bits per heavy atom. The van der Waals surface area contributed by atoms with Crippen molar-refractivity contribution in [1.29, 1.82) is 0 Å². The Labute approximate surface area is 133 Å². The second-order valence-corrected chi connectivity index (χ2v) is 7.33. The highest BCUT2D eigenvalue weighted by atomic mass is 79.9. The summed E-state index contributed by atoms with van der Waals surface area (Å²) >= 11 is 3.07. The van der Waals surface area contributed by atoms with Crippen LogP contribution in [-0.4, -0.2) is 36.9 Å². The smallest absolute Gasteiger partial charge is 0.296 e. The van der Waals surface area contributed by atoms with Crippen molar-refractivity contribution in [3.63, 3.8) is 0 Å². The molecular formula is C11H10BrClFN3O3S. The number of nitrogens with zero attached hydrogens (tertiary/aromatic N) is 3. The predicted molar refractivity (Wildman–Crippen MR) is 78.0 cm³/mol. The molecule has 0 saturated heterocycles. The minimum absolute atomic E-state index is 0.190. The van der Waals surface area contributed by atoms with Gasteiger partial charge in [0.1, 0.15) is 5.82 Å². The summed E-state index contributed by atoms with van der Waals surface area (Å²) in [5.74, 6) is -0.182. The lowest BCUT2D eigenvalue weighted by Crippen LogP contribution is -2.11. The van der Waals surface area contributed by atoms with Crippen LogP contribution in [0.1, 0.15) is 0 Å². The normalized spacial score (nSPS) is 11.8. The van der Waals surface area contributed by atoms with Crippen LogP contribution in [-0.2, 0) is 20.3 Å². The number of hydrogen-bond acceptors (Lipinski definition) is 5. The van der Waals surface area contributed by atoms with Crippen LogP contribution in [0.15, 0.2) is 27.8 Å². The molecule has 0 radical (unpaired) electrons. The van der Waals surface area contributed by atoms with E-state index in [1.165, 1.54) is 29.9 Å². The molecule has 0 aliphatic carbocycles. The number of methoxy groups -OCH3 is 1. The molecule has 0 N–H and O–H groups in total. The topological polar surface area (TPSA) is 74.1 Å². The van der Waals surface area contributed by atoms with Crippen molar-refractivity contribution in [2.75, 3.05) is 13.7 Å². The minimum atomic E-state index is -4.05. The second kappa shape index (κ2) is 6.39. The zero-order valence-electron chi connectivity index (χ0n) is 10.8. The zero-order valence-corrected chi connectivity index (χ0v) is 13.9. The van der Waals surface area contributed by atoms with Gasteiger partial charge in [-0.3, -0.25) is 4.57 Å². The Balaban J connectivity index is 2.57. The van der Waals surface area contributed by atoms with Crippen LogP contribution in [0.5, 0.6) is 0 Å². The van der Waals surface area contributed by atoms with Gasteiger partial charge in [0.15, 0.2) is 5.82 Å². The van der Waals surface area contributed by atoms with Crippen molar-refractivity contribution in [2.24, 2.45) is 0 Å². The molecule has 0 amide bonds. The van der Waals surface area contributed by atoms with Crippen molar-refractivity contribution in [1.82, 2.24) is 14.8 Å². The third kappa shape index (κ3) is 3.60. The van der Waals surface area contributed by atoms with E-state index in [1.54, 1.807) is 0 Å². The van der Waals surface area contributed by atoms with E-state index in [1.807, 2.05) is 0 Å². The first-order valence-electron chi connectivity index (χ1n) is 5.67. The molecule has 0 bridgehead atoms. The number of halogens is 3. The Bertz CT molecular complexity index is 766. The highest BCUT2D eigenvalue weighted by molar-refractivity contribution is 9.10. The van der Waals surface area contributed by atoms with Crippen molar-refractivity contribution in [3.05, 3.63) is 28.5 Å². The minimum Gasteiger partial charge on any atom is -0.383 e. The maximum Gasteiger partial charge on any atom is 0.296 e. The lowest BCUT2D eigenvalue weighted by atomic mass is 10.2. The summed E-state index contributed by atoms with van der Waals surface area (Å²) in [5.41, 5.74) is 0.499. The summed E-state index contributed by atoms with van der Waals surface area (Å²) in [6.45, 7) is 0.432. The van der Waals surface area contributed by atoms with Gasteiger partial charge >= 0.3 is 0 Å². The van der Waals surface area contributed by atoms with Crippen LogP contribution in [0, 0.1) is 5.82 Å². The molecule has 0 saturated carbocycles. The maximum atomic E-state index is 13.3. The first kappa shape index (κ1) is 16.3. The largest absolute Gasteiger partial charge is 0.383 e. The van der Waals surface area contributed by atoms with Crippen molar-refractivity contribution < 1.29 is 17.5 Å². The fraction of sp³-hybridized carbons (Fsp3) is 0.273. The molecule has 0 unspecified atom stereocenters. The standard InChI is InChI=1S/C11H10BrClFN3O3S/c1-20-5-4-17-10(15-16-11(17)21(13,18)19)7-2-3-9(14)8(12)6-7/h2-3,6H,4-5H2,1H3. The molecule has 1 aromatic carbocycles. The average Bonchev–Trinajstić information content (AvgIpc) is 2.83. The third-order valence-electron chi connectivity index (χ3n) is 2.63. The summed E-state index contributed by atoms with van der Waals surface area (Å²) in [7, 11) is 2.77. The Morgan fingerprint density at radius 3 is 2.71 bits per heavy atom. The van der Waals surface area contributed by atoms with Crippen LogP contribution in [0.2, 0.25) is 0 Å². The van der Waals surface area contributed by atoms with Gasteiger partial charge in [-0.05, 0) is 34.1 Å². The molecular weight excluding hydrogens is 389 g/mol. The van der Waals surface area contributed by atoms with Crippen molar-refractivity contribution in [2.45, 2.75) is 11.7 Å². The highest BCUT2D eigenvalue weighted by Crippen LogP contribution is 2.26. The number of hydrogen-bond donors (Lipinski definition) is 0. The Hall–Kier alpha value is -1.03. The van der Waals surface area contributed by atoms with Gasteiger partial charge in [-0.25, -0.2) is 12.8 Å². The molecule has 21 heavy (non-hydrogen) atoms. The lowest BCUT2D eigenvalue weighted by Gasteiger charge is -2.08. The van der Waals surface area contributed by atoms with E-state index in [0.717, 1.165) is 0 Å². The summed E-state index contributed by atoms with van der Waals surface area (Å²) in [5, 5.41) is 7.05. The molecule has 10 heteroatoms. The first-order chi connectivity index (χ1) is 9.84. The van der Waals surface area contributed by atoms with E-state index in [2.05, 4.69) is 26.1 Å². The van der Waals surface area contributed by atoms with Crippen LogP contribution in [0.4, 0.5) is 4.39 Å². The summed E-state index contributed by atoms with van der Waals surface area (Å²) in [6.07, 6.45) is 0. The quantitative estimate of drug-likeness (QED) is 0.723. The van der Waals surface area contributed by atoms with Crippen molar-refractivity contribution in [3.8, 4) is 11.4 Å². The van der Waals surface area contributed by atoms with Gasteiger partial charge in [0, 0.05) is 23.4 Å². The van der Waals surface area contributed by atoms with Gasteiger partial charge in [0.25, 0.3) is 14.2 Å². The SMILES string of the molecule is COCCn1c(-c2ccc(F)c(Br)c2)nnc1S(=O)(=O)Cl. The number of ether oxygens (including phenoxy) is 1. The number of benzene rings is 1. The van der Waals surface area contributed by atoms with Gasteiger partial charge in [0.05, 0.1) is 17.6 Å². The van der Waals surface area contributed by atoms with Gasteiger partial charge in [-0.2, -0.15) is 0 Å². The molecule has 0 fully saturated rings. The van der Waals surface area contributed by atoms with Crippen molar-refractivity contribution >= 4 is 35.7 Å². The van der Waals surface area contributed by atoms with Crippen LogP contribution >= 0.6 is 26.6 Å². The summed E-state index contributed by atoms with van der Waals surface area (Å²) in [4.78, 5) is 0. The monoisotopic (exact) mass is 397 g/mol. The number of rotatable bonds is 5. The molecule has 0 aliphatic rings. The molecule has 0 atom stereocenters.